The molecular weight excluding hydrogens is 696 g/mol. The number of non-ortho nitro benzene ring substituents is 1. The van der Waals surface area contributed by atoms with Gasteiger partial charge in [0, 0.05) is 18.2 Å². The van der Waals surface area contributed by atoms with Crippen molar-refractivity contribution in [2.45, 2.75) is 13.1 Å². The van der Waals surface area contributed by atoms with Gasteiger partial charge in [0.15, 0.2) is 11.5 Å². The summed E-state index contributed by atoms with van der Waals surface area (Å²) in [4.78, 5) is 59.8. The molecule has 1 saturated heterocycles. The summed E-state index contributed by atoms with van der Waals surface area (Å²) in [5.41, 5.74) is -3.11. The molecule has 0 atom stereocenters. The third-order valence-corrected chi connectivity index (χ3v) is 6.54. The van der Waals surface area contributed by atoms with Crippen LogP contribution in [0.25, 0.3) is 6.08 Å². The van der Waals surface area contributed by atoms with Crippen molar-refractivity contribution in [2.24, 2.45) is 0 Å². The number of nitro groups is 2. The topological polar surface area (TPSA) is 171 Å². The molecule has 17 heteroatoms. The summed E-state index contributed by atoms with van der Waals surface area (Å²) >= 11 is 1.76. The van der Waals surface area contributed by atoms with Crippen molar-refractivity contribution in [1.29, 1.82) is 0 Å². The largest absolute Gasteiger partial charge is 0.490 e. The number of carbonyl (C=O) groups excluding carboxylic acids is 3. The zero-order valence-corrected chi connectivity index (χ0v) is 23.7. The van der Waals surface area contributed by atoms with Crippen LogP contribution in [-0.2, 0) is 15.8 Å². The van der Waals surface area contributed by atoms with Gasteiger partial charge in [-0.2, -0.15) is 13.2 Å². The summed E-state index contributed by atoms with van der Waals surface area (Å²) in [5, 5.41) is 24.7. The second kappa shape index (κ2) is 12.0. The van der Waals surface area contributed by atoms with Crippen LogP contribution in [0.1, 0.15) is 18.1 Å². The Bertz CT molecular complexity index is 1730. The molecule has 1 N–H and O–H groups in total. The van der Waals surface area contributed by atoms with Crippen molar-refractivity contribution in [3.63, 3.8) is 0 Å². The molecule has 0 radical (unpaired) electrons. The third-order valence-electron chi connectivity index (χ3n) is 5.74. The Morgan fingerprint density at radius 1 is 1.00 bits per heavy atom. The van der Waals surface area contributed by atoms with Crippen LogP contribution in [0.5, 0.6) is 17.2 Å². The number of anilines is 1. The van der Waals surface area contributed by atoms with Crippen LogP contribution < -0.4 is 19.7 Å². The van der Waals surface area contributed by atoms with E-state index in [-0.39, 0.29) is 32.9 Å². The number of rotatable bonds is 8. The first-order valence-corrected chi connectivity index (χ1v) is 12.9. The number of imide groups is 2. The number of alkyl halides is 3. The summed E-state index contributed by atoms with van der Waals surface area (Å²) in [5.74, 6) is -2.77. The number of barbiturate groups is 1. The number of halogens is 4. The Balaban J connectivity index is 1.74. The Labute approximate surface area is 252 Å². The first-order valence-electron chi connectivity index (χ1n) is 11.9. The Hall–Kier alpha value is -5.07. The minimum absolute atomic E-state index is 0.0364. The van der Waals surface area contributed by atoms with Gasteiger partial charge in [0.1, 0.15) is 5.57 Å². The van der Waals surface area contributed by atoms with Crippen LogP contribution >= 0.6 is 22.6 Å². The Kier molecular flexibility index (Phi) is 8.65. The van der Waals surface area contributed by atoms with Crippen molar-refractivity contribution in [1.82, 2.24) is 5.32 Å². The Morgan fingerprint density at radius 2 is 1.72 bits per heavy atom. The van der Waals surface area contributed by atoms with Crippen molar-refractivity contribution in [3.8, 4) is 17.2 Å². The number of amides is 4. The molecular formula is C26H16F3IN4O9. The second-order valence-electron chi connectivity index (χ2n) is 8.54. The Morgan fingerprint density at radius 3 is 2.35 bits per heavy atom. The van der Waals surface area contributed by atoms with E-state index >= 15 is 0 Å². The molecule has 3 aromatic rings. The van der Waals surface area contributed by atoms with Crippen molar-refractivity contribution >= 4 is 63.6 Å². The van der Waals surface area contributed by atoms with Crippen LogP contribution in [0.2, 0.25) is 0 Å². The van der Waals surface area contributed by atoms with Gasteiger partial charge < -0.3 is 9.47 Å². The van der Waals surface area contributed by atoms with Gasteiger partial charge in [0.2, 0.25) is 5.75 Å². The molecule has 4 amide bonds. The van der Waals surface area contributed by atoms with Crippen LogP contribution in [0, 0.1) is 23.8 Å². The number of nitrogens with one attached hydrogen (secondary N) is 1. The number of ether oxygens (including phenoxy) is 2. The summed E-state index contributed by atoms with van der Waals surface area (Å²) in [6, 6.07) is 7.97. The lowest BCUT2D eigenvalue weighted by Crippen LogP contribution is -2.54. The fourth-order valence-corrected chi connectivity index (χ4v) is 4.61. The molecule has 13 nitrogen and oxygen atoms in total. The predicted molar refractivity (Wildman–Crippen MR) is 151 cm³/mol. The molecule has 0 saturated carbocycles. The van der Waals surface area contributed by atoms with Gasteiger partial charge in [-0.1, -0.05) is 6.07 Å². The number of hydrogen-bond acceptors (Lipinski definition) is 9. The van der Waals surface area contributed by atoms with E-state index in [2.05, 4.69) is 0 Å². The van der Waals surface area contributed by atoms with Gasteiger partial charge in [-0.05, 0) is 71.5 Å². The maximum absolute atomic E-state index is 13.2. The van der Waals surface area contributed by atoms with Gasteiger partial charge in [0.25, 0.3) is 17.5 Å². The molecule has 0 unspecified atom stereocenters. The predicted octanol–water partition coefficient (Wildman–Crippen LogP) is 5.98. The van der Waals surface area contributed by atoms with E-state index in [9.17, 15) is 47.8 Å². The van der Waals surface area contributed by atoms with Crippen molar-refractivity contribution < 1.29 is 46.9 Å². The molecule has 0 aromatic heterocycles. The van der Waals surface area contributed by atoms with Crippen LogP contribution in [0.4, 0.5) is 35.0 Å². The number of urea groups is 1. The van der Waals surface area contributed by atoms with Gasteiger partial charge in [-0.25, -0.2) is 9.69 Å². The van der Waals surface area contributed by atoms with E-state index in [1.807, 2.05) is 5.32 Å². The SMILES string of the molecule is CCOc1cc(/C=C2\C(=O)NC(=O)N(c3cccc([N+](=O)[O-])c3)C2=O)cc(I)c1Oc1ccc(C(F)(F)F)cc1[N+](=O)[O-]. The number of nitrogens with zero attached hydrogens (tertiary/aromatic N) is 3. The average molecular weight is 712 g/mol. The van der Waals surface area contributed by atoms with Crippen LogP contribution in [0.15, 0.2) is 60.2 Å². The van der Waals surface area contributed by atoms with Crippen molar-refractivity contribution in [2.75, 3.05) is 11.5 Å². The minimum Gasteiger partial charge on any atom is -0.490 e. The minimum atomic E-state index is -4.83. The highest BCUT2D eigenvalue weighted by atomic mass is 127. The third kappa shape index (κ3) is 6.55. The monoisotopic (exact) mass is 712 g/mol. The molecule has 3 aromatic carbocycles. The molecule has 0 aliphatic carbocycles. The highest BCUT2D eigenvalue weighted by Gasteiger charge is 2.38. The summed E-state index contributed by atoms with van der Waals surface area (Å²) in [6.45, 7) is 1.65. The lowest BCUT2D eigenvalue weighted by Gasteiger charge is -2.26. The zero-order valence-electron chi connectivity index (χ0n) is 21.5. The molecule has 1 fully saturated rings. The van der Waals surface area contributed by atoms with Gasteiger partial charge in [-0.15, -0.1) is 0 Å². The summed E-state index contributed by atoms with van der Waals surface area (Å²) < 4.78 is 50.8. The van der Waals surface area contributed by atoms with Crippen LogP contribution in [0.3, 0.4) is 0 Å². The summed E-state index contributed by atoms with van der Waals surface area (Å²) in [7, 11) is 0. The van der Waals surface area contributed by atoms with Crippen LogP contribution in [-0.4, -0.2) is 34.3 Å². The molecule has 222 valence electrons. The van der Waals surface area contributed by atoms with E-state index in [1.54, 1.807) is 29.5 Å². The van der Waals surface area contributed by atoms with Gasteiger partial charge in [-0.3, -0.25) is 35.1 Å². The molecule has 43 heavy (non-hydrogen) atoms. The fourth-order valence-electron chi connectivity index (χ4n) is 3.87. The van der Waals surface area contributed by atoms with E-state index in [4.69, 9.17) is 9.47 Å². The number of hydrogen-bond donors (Lipinski definition) is 1. The maximum Gasteiger partial charge on any atom is 0.416 e. The quantitative estimate of drug-likeness (QED) is 0.0970. The van der Waals surface area contributed by atoms with Crippen molar-refractivity contribution in [3.05, 3.63) is 95.1 Å². The number of carbonyl (C=O) groups is 3. The molecule has 1 aliphatic heterocycles. The molecule has 1 aliphatic rings. The maximum atomic E-state index is 13.2. The van der Waals surface area contributed by atoms with E-state index in [1.165, 1.54) is 24.3 Å². The average Bonchev–Trinajstić information content (AvgIpc) is 2.92. The van der Waals surface area contributed by atoms with Gasteiger partial charge >= 0.3 is 17.9 Å². The highest BCUT2D eigenvalue weighted by molar-refractivity contribution is 14.1. The lowest BCUT2D eigenvalue weighted by molar-refractivity contribution is -0.385. The molecule has 0 spiro atoms. The van der Waals surface area contributed by atoms with Gasteiger partial charge in [0.05, 0.1) is 31.3 Å². The number of benzene rings is 3. The zero-order chi connectivity index (χ0) is 31.6. The van der Waals surface area contributed by atoms with E-state index < -0.39 is 62.1 Å². The smallest absolute Gasteiger partial charge is 0.416 e. The highest BCUT2D eigenvalue weighted by Crippen LogP contribution is 2.43. The summed E-state index contributed by atoms with van der Waals surface area (Å²) in [6.07, 6.45) is -3.72. The second-order valence-corrected chi connectivity index (χ2v) is 9.70. The fraction of sp³-hybridized carbons (Fsp3) is 0.115. The molecule has 4 rings (SSSR count). The molecule has 0 bridgehead atoms. The first-order chi connectivity index (χ1) is 20.2. The standard InChI is InChI=1S/C26H16F3IN4O9/c1-2-42-21-10-13(9-18(30)22(21)43-20-7-6-14(26(27,28)29)11-19(20)34(40)41)8-17-23(35)31-25(37)32(24(17)36)15-4-3-5-16(12-15)33(38)39/h3-12H,2H2,1H3,(H,31,35,37)/b17-8+. The first kappa shape index (κ1) is 30.9. The lowest BCUT2D eigenvalue weighted by atomic mass is 10.1. The normalized spacial score (nSPS) is 14.5. The van der Waals surface area contributed by atoms with E-state index in [0.29, 0.717) is 17.0 Å². The number of nitro benzene ring substituents is 2. The molecule has 1 heterocycles. The van der Waals surface area contributed by atoms with E-state index in [0.717, 1.165) is 24.3 Å².